The number of hydrogen-bond donors (Lipinski definition) is 1. The first-order valence-corrected chi connectivity index (χ1v) is 11.1. The van der Waals surface area contributed by atoms with Crippen LogP contribution in [0, 0.1) is 0 Å². The highest BCUT2D eigenvalue weighted by Crippen LogP contribution is 2.27. The van der Waals surface area contributed by atoms with E-state index in [1.807, 2.05) is 0 Å². The van der Waals surface area contributed by atoms with Crippen LogP contribution in [-0.4, -0.2) is 57.1 Å². The largest absolute Gasteiger partial charge is 0.573 e. The molecule has 1 amide bonds. The number of sulfonamides is 1. The van der Waals surface area contributed by atoms with Crippen LogP contribution in [0.2, 0.25) is 5.02 Å². The second-order valence-electron chi connectivity index (χ2n) is 7.20. The lowest BCUT2D eigenvalue weighted by molar-refractivity contribution is -0.274. The van der Waals surface area contributed by atoms with Crippen LogP contribution in [-0.2, 0) is 21.4 Å². The van der Waals surface area contributed by atoms with Crippen LogP contribution in [0.4, 0.5) is 18.9 Å². The molecule has 7 nitrogen and oxygen atoms in total. The molecule has 0 aliphatic rings. The van der Waals surface area contributed by atoms with Crippen molar-refractivity contribution >= 4 is 33.2 Å². The Bertz CT molecular complexity index is 1060. The third kappa shape index (κ3) is 6.83. The number of benzene rings is 2. The molecular formula is C20H23ClF3N3O4S. The zero-order chi connectivity index (χ0) is 24.3. The number of ether oxygens (including phenoxy) is 1. The number of halogens is 4. The van der Waals surface area contributed by atoms with Gasteiger partial charge in [-0.2, -0.15) is 0 Å². The Kier molecular flexibility index (Phi) is 8.16. The summed E-state index contributed by atoms with van der Waals surface area (Å²) in [7, 11) is 0.617. The zero-order valence-corrected chi connectivity index (χ0v) is 19.3. The third-order valence-electron chi connectivity index (χ3n) is 4.59. The second-order valence-corrected chi connectivity index (χ2v) is 9.73. The fraction of sp³-hybridized carbons (Fsp3) is 0.350. The summed E-state index contributed by atoms with van der Waals surface area (Å²) in [6, 6.07) is 8.85. The molecule has 0 spiro atoms. The van der Waals surface area contributed by atoms with Gasteiger partial charge in [0, 0.05) is 26.3 Å². The van der Waals surface area contributed by atoms with E-state index >= 15 is 0 Å². The summed E-state index contributed by atoms with van der Waals surface area (Å²) in [5, 5.41) is 2.68. The summed E-state index contributed by atoms with van der Waals surface area (Å²) in [6.45, 7) is 1.92. The summed E-state index contributed by atoms with van der Waals surface area (Å²) in [6.07, 6.45) is -4.77. The lowest BCUT2D eigenvalue weighted by Crippen LogP contribution is -2.39. The molecule has 0 radical (unpaired) electrons. The van der Waals surface area contributed by atoms with E-state index in [-0.39, 0.29) is 27.9 Å². The van der Waals surface area contributed by atoms with Gasteiger partial charge in [0.2, 0.25) is 15.9 Å². The van der Waals surface area contributed by atoms with Crippen molar-refractivity contribution in [3.63, 3.8) is 0 Å². The van der Waals surface area contributed by atoms with Crippen LogP contribution in [0.3, 0.4) is 0 Å². The van der Waals surface area contributed by atoms with E-state index in [0.717, 1.165) is 4.31 Å². The number of nitrogens with one attached hydrogen (secondary N) is 1. The molecule has 0 aliphatic carbocycles. The number of anilines is 1. The van der Waals surface area contributed by atoms with E-state index in [4.69, 9.17) is 11.6 Å². The van der Waals surface area contributed by atoms with E-state index in [1.165, 1.54) is 56.6 Å². The van der Waals surface area contributed by atoms with Gasteiger partial charge >= 0.3 is 6.36 Å². The predicted octanol–water partition coefficient (Wildman–Crippen LogP) is 3.95. The number of rotatable bonds is 8. The monoisotopic (exact) mass is 493 g/mol. The lowest BCUT2D eigenvalue weighted by Gasteiger charge is -2.24. The van der Waals surface area contributed by atoms with Crippen LogP contribution in [0.1, 0.15) is 12.5 Å². The highest BCUT2D eigenvalue weighted by atomic mass is 35.5. The number of likely N-dealkylation sites (N-methyl/N-ethyl adjacent to an activating group) is 1. The molecule has 0 heterocycles. The molecule has 1 atom stereocenters. The molecule has 0 saturated heterocycles. The van der Waals surface area contributed by atoms with Crippen molar-refractivity contribution in [2.75, 3.05) is 26.5 Å². The van der Waals surface area contributed by atoms with Crippen LogP contribution in [0.5, 0.6) is 5.75 Å². The number of amides is 1. The molecule has 0 aliphatic heterocycles. The molecule has 12 heteroatoms. The average Bonchev–Trinajstić information content (AvgIpc) is 2.68. The van der Waals surface area contributed by atoms with E-state index in [0.29, 0.717) is 5.56 Å². The lowest BCUT2D eigenvalue weighted by atomic mass is 10.1. The summed E-state index contributed by atoms with van der Waals surface area (Å²) in [5.74, 6) is -0.735. The summed E-state index contributed by atoms with van der Waals surface area (Å²) < 4.78 is 66.4. The fourth-order valence-corrected chi connectivity index (χ4v) is 4.04. The fourth-order valence-electron chi connectivity index (χ4n) is 2.64. The molecule has 0 bridgehead atoms. The van der Waals surface area contributed by atoms with Crippen molar-refractivity contribution in [2.24, 2.45) is 0 Å². The SMILES string of the molecule is CC(C(=O)Nc1ccc(Cl)c(S(=O)(=O)N(C)C)c1)N(C)Cc1ccc(OC(F)(F)F)cc1. The maximum absolute atomic E-state index is 12.6. The van der Waals surface area contributed by atoms with Crippen molar-refractivity contribution in [3.05, 3.63) is 53.1 Å². The van der Waals surface area contributed by atoms with Gasteiger partial charge in [0.05, 0.1) is 11.1 Å². The quantitative estimate of drug-likeness (QED) is 0.602. The van der Waals surface area contributed by atoms with Crippen LogP contribution in [0.25, 0.3) is 0 Å². The highest BCUT2D eigenvalue weighted by molar-refractivity contribution is 7.89. The number of carbonyl (C=O) groups excluding carboxylic acids is 1. The summed E-state index contributed by atoms with van der Waals surface area (Å²) in [5.41, 5.74) is 0.932. The Labute approximate surface area is 189 Å². The Morgan fingerprint density at radius 2 is 1.72 bits per heavy atom. The first-order chi connectivity index (χ1) is 14.7. The third-order valence-corrected chi connectivity index (χ3v) is 6.88. The minimum absolute atomic E-state index is 0.0276. The van der Waals surface area contributed by atoms with Crippen molar-refractivity contribution < 1.29 is 31.1 Å². The van der Waals surface area contributed by atoms with Crippen molar-refractivity contribution in [1.82, 2.24) is 9.21 Å². The van der Waals surface area contributed by atoms with E-state index < -0.39 is 28.3 Å². The minimum Gasteiger partial charge on any atom is -0.406 e. The van der Waals surface area contributed by atoms with Gasteiger partial charge in [0.25, 0.3) is 0 Å². The second kappa shape index (κ2) is 10.1. The molecule has 1 unspecified atom stereocenters. The van der Waals surface area contributed by atoms with Gasteiger partial charge in [-0.15, -0.1) is 13.2 Å². The molecular weight excluding hydrogens is 471 g/mol. The van der Waals surface area contributed by atoms with Crippen molar-refractivity contribution in [3.8, 4) is 5.75 Å². The minimum atomic E-state index is -4.77. The molecule has 32 heavy (non-hydrogen) atoms. The average molecular weight is 494 g/mol. The molecule has 176 valence electrons. The van der Waals surface area contributed by atoms with Gasteiger partial charge < -0.3 is 10.1 Å². The van der Waals surface area contributed by atoms with Crippen LogP contribution in [0.15, 0.2) is 47.4 Å². The maximum Gasteiger partial charge on any atom is 0.573 e. The number of nitrogens with zero attached hydrogens (tertiary/aromatic N) is 2. The first-order valence-electron chi connectivity index (χ1n) is 9.28. The Morgan fingerprint density at radius 3 is 2.25 bits per heavy atom. The van der Waals surface area contributed by atoms with E-state index in [1.54, 1.807) is 18.9 Å². The topological polar surface area (TPSA) is 79.0 Å². The normalized spacial score (nSPS) is 13.3. The van der Waals surface area contributed by atoms with Crippen molar-refractivity contribution in [2.45, 2.75) is 30.8 Å². The standard InChI is InChI=1S/C20H23ClF3N3O4S/c1-13(27(4)12-14-5-8-16(9-6-14)31-20(22,23)24)19(28)25-15-7-10-17(21)18(11-15)32(29,30)26(2)3/h5-11,13H,12H2,1-4H3,(H,25,28). The van der Waals surface area contributed by atoms with E-state index in [9.17, 15) is 26.4 Å². The number of alkyl halides is 3. The van der Waals surface area contributed by atoms with E-state index in [2.05, 4.69) is 10.1 Å². The molecule has 2 rings (SSSR count). The van der Waals surface area contributed by atoms with Gasteiger partial charge in [0.15, 0.2) is 0 Å². The molecule has 2 aromatic carbocycles. The summed E-state index contributed by atoms with van der Waals surface area (Å²) >= 11 is 6.01. The molecule has 0 fully saturated rings. The van der Waals surface area contributed by atoms with Gasteiger partial charge in [-0.25, -0.2) is 12.7 Å². The van der Waals surface area contributed by atoms with Crippen LogP contribution >= 0.6 is 11.6 Å². The van der Waals surface area contributed by atoms with Crippen LogP contribution < -0.4 is 10.1 Å². The molecule has 2 aromatic rings. The Morgan fingerprint density at radius 1 is 1.12 bits per heavy atom. The Balaban J connectivity index is 2.06. The zero-order valence-electron chi connectivity index (χ0n) is 17.8. The Hall–Kier alpha value is -2.34. The molecule has 0 saturated carbocycles. The number of hydrogen-bond acceptors (Lipinski definition) is 5. The molecule has 0 aromatic heterocycles. The van der Waals surface area contributed by atoms with Gasteiger partial charge in [-0.3, -0.25) is 9.69 Å². The molecule has 1 N–H and O–H groups in total. The van der Waals surface area contributed by atoms with Gasteiger partial charge in [0.1, 0.15) is 10.6 Å². The maximum atomic E-state index is 12.6. The smallest absolute Gasteiger partial charge is 0.406 e. The first kappa shape index (κ1) is 25.9. The number of carbonyl (C=O) groups is 1. The van der Waals surface area contributed by atoms with Gasteiger partial charge in [-0.05, 0) is 49.9 Å². The predicted molar refractivity (Wildman–Crippen MR) is 115 cm³/mol. The highest BCUT2D eigenvalue weighted by Gasteiger charge is 2.31. The van der Waals surface area contributed by atoms with Gasteiger partial charge in [-0.1, -0.05) is 23.7 Å². The summed E-state index contributed by atoms with van der Waals surface area (Å²) in [4.78, 5) is 14.2. The van der Waals surface area contributed by atoms with Crippen molar-refractivity contribution in [1.29, 1.82) is 0 Å².